The van der Waals surface area contributed by atoms with Gasteiger partial charge in [0.1, 0.15) is 6.10 Å². The minimum atomic E-state index is -4.18. The van der Waals surface area contributed by atoms with Crippen molar-refractivity contribution in [1.29, 1.82) is 0 Å². The molecule has 2 atom stereocenters. The van der Waals surface area contributed by atoms with Gasteiger partial charge in [0.2, 0.25) is 0 Å². The minimum Gasteiger partial charge on any atom is -0.481 e. The molecule has 0 saturated heterocycles. The van der Waals surface area contributed by atoms with Crippen LogP contribution in [-0.4, -0.2) is 79.8 Å². The van der Waals surface area contributed by atoms with E-state index in [0.29, 0.717) is 32.6 Å². The number of rotatable bonds is 31. The van der Waals surface area contributed by atoms with Crippen molar-refractivity contribution < 1.29 is 47.8 Å². The molecule has 0 radical (unpaired) electrons. The van der Waals surface area contributed by atoms with E-state index in [1.165, 1.54) is 44.9 Å². The SMILES string of the molecule is CNCCOP(=O)(O)OCC(COCCCCCCCCCCCCCCCC(=O)O)OCCCCC(=O)O. The maximum Gasteiger partial charge on any atom is 0.472 e. The Kier molecular flexibility index (Phi) is 26.4. The van der Waals surface area contributed by atoms with E-state index in [4.69, 9.17) is 28.7 Å². The van der Waals surface area contributed by atoms with Gasteiger partial charge in [-0.05, 0) is 32.7 Å². The van der Waals surface area contributed by atoms with Crippen molar-refractivity contribution in [3.05, 3.63) is 0 Å². The van der Waals surface area contributed by atoms with Crippen LogP contribution in [0, 0.1) is 0 Å². The standard InChI is InChI=1S/C27H54NO10P/c1-28-19-22-37-39(33,34)38-24-25(36-21-16-14-18-27(31)32)23-35-20-15-12-10-8-6-4-2-3-5-7-9-11-13-17-26(29)30/h25,28H,2-24H2,1H3,(H,29,30)(H,31,32)(H,33,34). The summed E-state index contributed by atoms with van der Waals surface area (Å²) in [5.41, 5.74) is 0. The largest absolute Gasteiger partial charge is 0.481 e. The quantitative estimate of drug-likeness (QED) is 0.0599. The van der Waals surface area contributed by atoms with Gasteiger partial charge in [-0.25, -0.2) is 4.57 Å². The van der Waals surface area contributed by atoms with Gasteiger partial charge in [0.05, 0.1) is 19.8 Å². The van der Waals surface area contributed by atoms with Crippen LogP contribution >= 0.6 is 7.82 Å². The van der Waals surface area contributed by atoms with Crippen molar-refractivity contribution in [1.82, 2.24) is 5.32 Å². The van der Waals surface area contributed by atoms with E-state index in [0.717, 1.165) is 38.5 Å². The molecule has 0 aromatic heterocycles. The summed E-state index contributed by atoms with van der Waals surface area (Å²) in [6.07, 6.45) is 15.7. The predicted octanol–water partition coefficient (Wildman–Crippen LogP) is 5.54. The summed E-state index contributed by atoms with van der Waals surface area (Å²) in [5, 5.41) is 20.2. The van der Waals surface area contributed by atoms with E-state index in [2.05, 4.69) is 5.32 Å². The summed E-state index contributed by atoms with van der Waals surface area (Å²) in [6.45, 7) is 1.40. The third-order valence-electron chi connectivity index (χ3n) is 6.15. The number of unbranched alkanes of at least 4 members (excludes halogenated alkanes) is 13. The van der Waals surface area contributed by atoms with Gasteiger partial charge in [0.25, 0.3) is 0 Å². The van der Waals surface area contributed by atoms with Crippen LogP contribution in [0.15, 0.2) is 0 Å². The Balaban J connectivity index is 3.85. The van der Waals surface area contributed by atoms with Gasteiger partial charge in [-0.2, -0.15) is 0 Å². The fourth-order valence-corrected chi connectivity index (χ4v) is 4.64. The number of aliphatic carboxylic acids is 2. The number of phosphoric acid groups is 1. The lowest BCUT2D eigenvalue weighted by Gasteiger charge is -2.20. The lowest BCUT2D eigenvalue weighted by Crippen LogP contribution is -2.26. The highest BCUT2D eigenvalue weighted by Gasteiger charge is 2.23. The minimum absolute atomic E-state index is 0.0407. The van der Waals surface area contributed by atoms with Crippen molar-refractivity contribution in [2.75, 3.05) is 46.6 Å². The van der Waals surface area contributed by atoms with Crippen molar-refractivity contribution in [3.63, 3.8) is 0 Å². The van der Waals surface area contributed by atoms with Crippen LogP contribution in [0.4, 0.5) is 0 Å². The molecule has 0 rings (SSSR count). The molecule has 0 amide bonds. The number of carboxylic acid groups (broad SMARTS) is 2. The number of carbonyl (C=O) groups is 2. The molecule has 0 aliphatic rings. The lowest BCUT2D eigenvalue weighted by molar-refractivity contribution is -0.138. The van der Waals surface area contributed by atoms with Gasteiger partial charge in [-0.1, -0.05) is 70.6 Å². The van der Waals surface area contributed by atoms with Crippen molar-refractivity contribution in [2.45, 2.75) is 115 Å². The van der Waals surface area contributed by atoms with Crippen LogP contribution in [0.3, 0.4) is 0 Å². The molecule has 0 aromatic rings. The number of ether oxygens (including phenoxy) is 2. The van der Waals surface area contributed by atoms with Crippen LogP contribution in [0.1, 0.15) is 109 Å². The molecule has 232 valence electrons. The van der Waals surface area contributed by atoms with Gasteiger partial charge in [-0.15, -0.1) is 0 Å². The summed E-state index contributed by atoms with van der Waals surface area (Å²) >= 11 is 0. The molecule has 0 saturated carbocycles. The highest BCUT2D eigenvalue weighted by molar-refractivity contribution is 7.47. The summed E-state index contributed by atoms with van der Waals surface area (Å²) in [6, 6.07) is 0. The number of nitrogens with one attached hydrogen (secondary N) is 1. The lowest BCUT2D eigenvalue weighted by atomic mass is 10.0. The molecule has 0 aliphatic carbocycles. The highest BCUT2D eigenvalue weighted by atomic mass is 31.2. The van der Waals surface area contributed by atoms with Gasteiger partial charge >= 0.3 is 19.8 Å². The average molecular weight is 584 g/mol. The monoisotopic (exact) mass is 583 g/mol. The van der Waals surface area contributed by atoms with Gasteiger partial charge in [-0.3, -0.25) is 18.6 Å². The molecule has 0 aliphatic heterocycles. The van der Waals surface area contributed by atoms with E-state index in [1.807, 2.05) is 0 Å². The zero-order chi connectivity index (χ0) is 29.0. The topological polar surface area (TPSA) is 161 Å². The van der Waals surface area contributed by atoms with Gasteiger partial charge in [0.15, 0.2) is 0 Å². The van der Waals surface area contributed by atoms with Crippen molar-refractivity contribution >= 4 is 19.8 Å². The fourth-order valence-electron chi connectivity index (χ4n) is 3.89. The Morgan fingerprint density at radius 1 is 0.667 bits per heavy atom. The van der Waals surface area contributed by atoms with Crippen molar-refractivity contribution in [2.24, 2.45) is 0 Å². The zero-order valence-electron chi connectivity index (χ0n) is 24.0. The molecular formula is C27H54NO10P. The number of hydrogen-bond acceptors (Lipinski definition) is 8. The molecule has 12 heteroatoms. The van der Waals surface area contributed by atoms with E-state index in [-0.39, 0.29) is 32.7 Å². The predicted molar refractivity (Wildman–Crippen MR) is 150 cm³/mol. The molecular weight excluding hydrogens is 529 g/mol. The Labute approximate surface area is 234 Å². The number of phosphoric ester groups is 1. The first-order chi connectivity index (χ1) is 18.8. The van der Waals surface area contributed by atoms with E-state index >= 15 is 0 Å². The summed E-state index contributed by atoms with van der Waals surface area (Å²) in [5.74, 6) is -1.55. The van der Waals surface area contributed by atoms with Crippen LogP contribution in [0.2, 0.25) is 0 Å². The molecule has 2 unspecified atom stereocenters. The second kappa shape index (κ2) is 27.1. The average Bonchev–Trinajstić information content (AvgIpc) is 2.88. The molecule has 39 heavy (non-hydrogen) atoms. The van der Waals surface area contributed by atoms with Crippen LogP contribution in [0.5, 0.6) is 0 Å². The van der Waals surface area contributed by atoms with Crippen LogP contribution in [0.25, 0.3) is 0 Å². The van der Waals surface area contributed by atoms with Crippen LogP contribution < -0.4 is 5.32 Å². The third kappa shape index (κ3) is 29.7. The Morgan fingerprint density at radius 3 is 1.64 bits per heavy atom. The molecule has 0 aromatic carbocycles. The van der Waals surface area contributed by atoms with Crippen molar-refractivity contribution in [3.8, 4) is 0 Å². The Hall–Kier alpha value is -1.07. The number of likely N-dealkylation sites (N-methyl/N-ethyl adjacent to an activating group) is 1. The third-order valence-corrected chi connectivity index (χ3v) is 7.14. The Morgan fingerprint density at radius 2 is 1.13 bits per heavy atom. The summed E-state index contributed by atoms with van der Waals surface area (Å²) in [4.78, 5) is 30.9. The maximum absolute atomic E-state index is 12.0. The fraction of sp³-hybridized carbons (Fsp3) is 0.926. The number of hydrogen-bond donors (Lipinski definition) is 4. The second-order valence-corrected chi connectivity index (χ2v) is 11.3. The van der Waals surface area contributed by atoms with E-state index in [1.54, 1.807) is 7.05 Å². The molecule has 11 nitrogen and oxygen atoms in total. The molecule has 0 bridgehead atoms. The van der Waals surface area contributed by atoms with E-state index in [9.17, 15) is 19.0 Å². The zero-order valence-corrected chi connectivity index (χ0v) is 24.9. The first kappa shape index (κ1) is 37.9. The number of carboxylic acids is 2. The molecule has 0 spiro atoms. The summed E-state index contributed by atoms with van der Waals surface area (Å²) < 4.78 is 33.4. The van der Waals surface area contributed by atoms with Crippen LogP contribution in [-0.2, 0) is 32.7 Å². The first-order valence-electron chi connectivity index (χ1n) is 14.7. The molecule has 4 N–H and O–H groups in total. The normalized spacial score (nSPS) is 13.8. The Bertz CT molecular complexity index is 638. The van der Waals surface area contributed by atoms with Gasteiger partial charge < -0.3 is 29.9 Å². The van der Waals surface area contributed by atoms with Gasteiger partial charge in [0, 0.05) is 32.6 Å². The maximum atomic E-state index is 12.0. The van der Waals surface area contributed by atoms with E-state index < -0.39 is 25.9 Å². The smallest absolute Gasteiger partial charge is 0.472 e. The second-order valence-electron chi connectivity index (χ2n) is 9.86. The highest BCUT2D eigenvalue weighted by Crippen LogP contribution is 2.43. The summed E-state index contributed by atoms with van der Waals surface area (Å²) in [7, 11) is -2.48. The first-order valence-corrected chi connectivity index (χ1v) is 16.2. The molecule has 0 heterocycles. The molecule has 0 fully saturated rings.